The molecule has 2 rings (SSSR count). The molecule has 6 heteroatoms. The van der Waals surface area contributed by atoms with Crippen LogP contribution in [0.15, 0.2) is 36.5 Å². The van der Waals surface area contributed by atoms with Gasteiger partial charge in [-0.15, -0.1) is 0 Å². The second-order valence-corrected chi connectivity index (χ2v) is 3.25. The van der Waals surface area contributed by atoms with Crippen molar-refractivity contribution in [2.45, 2.75) is 0 Å². The van der Waals surface area contributed by atoms with E-state index in [4.69, 9.17) is 4.74 Å². The van der Waals surface area contributed by atoms with Gasteiger partial charge in [-0.3, -0.25) is 10.4 Å². The average molecular weight is 232 g/mol. The topological polar surface area (TPSA) is 79.0 Å². The smallest absolute Gasteiger partial charge is 0.324 e. The van der Waals surface area contributed by atoms with Crippen molar-refractivity contribution in [3.05, 3.63) is 36.5 Å². The zero-order valence-corrected chi connectivity index (χ0v) is 9.23. The molecular weight excluding hydrogens is 220 g/mol. The molecular formula is C11H12N4O2. The summed E-state index contributed by atoms with van der Waals surface area (Å²) in [6, 6.07) is 8.46. The van der Waals surface area contributed by atoms with Crippen molar-refractivity contribution in [3.8, 4) is 5.75 Å². The third-order valence-electron chi connectivity index (χ3n) is 2.10. The van der Waals surface area contributed by atoms with Crippen LogP contribution in [0.4, 0.5) is 16.3 Å². The molecule has 1 heterocycles. The Kier molecular flexibility index (Phi) is 3.25. The van der Waals surface area contributed by atoms with Crippen molar-refractivity contribution in [1.82, 2.24) is 10.2 Å². The Morgan fingerprint density at radius 1 is 1.29 bits per heavy atom. The van der Waals surface area contributed by atoms with Crippen molar-refractivity contribution in [3.63, 3.8) is 0 Å². The lowest BCUT2D eigenvalue weighted by molar-refractivity contribution is 0.262. The van der Waals surface area contributed by atoms with Crippen molar-refractivity contribution in [2.24, 2.45) is 0 Å². The molecule has 6 nitrogen and oxygen atoms in total. The fourth-order valence-electron chi connectivity index (χ4n) is 1.35. The summed E-state index contributed by atoms with van der Waals surface area (Å²) >= 11 is 0. The van der Waals surface area contributed by atoms with Gasteiger partial charge in [-0.05, 0) is 12.1 Å². The van der Waals surface area contributed by atoms with E-state index in [1.807, 2.05) is 12.1 Å². The molecule has 0 aliphatic carbocycles. The molecule has 0 aliphatic heterocycles. The molecule has 17 heavy (non-hydrogen) atoms. The highest BCUT2D eigenvalue weighted by Gasteiger charge is 2.06. The van der Waals surface area contributed by atoms with Crippen LogP contribution in [0.25, 0.3) is 0 Å². The minimum Gasteiger partial charge on any atom is -0.495 e. The quantitative estimate of drug-likeness (QED) is 0.757. The third-order valence-corrected chi connectivity index (χ3v) is 2.10. The maximum Gasteiger partial charge on any atom is 0.324 e. The van der Waals surface area contributed by atoms with Gasteiger partial charge in [0.05, 0.1) is 19.0 Å². The Morgan fingerprint density at radius 2 is 2.12 bits per heavy atom. The average Bonchev–Trinajstić information content (AvgIpc) is 2.82. The number of urea groups is 1. The molecule has 1 aromatic carbocycles. The molecule has 2 amide bonds. The Morgan fingerprint density at radius 3 is 2.82 bits per heavy atom. The number of anilines is 2. The van der Waals surface area contributed by atoms with Gasteiger partial charge in [0, 0.05) is 6.07 Å². The first-order valence-corrected chi connectivity index (χ1v) is 5.00. The number of carbonyl (C=O) groups is 1. The summed E-state index contributed by atoms with van der Waals surface area (Å²) in [6.07, 6.45) is 1.55. The number of carbonyl (C=O) groups excluding carboxylic acids is 1. The van der Waals surface area contributed by atoms with Gasteiger partial charge in [0.25, 0.3) is 0 Å². The van der Waals surface area contributed by atoms with E-state index in [0.717, 1.165) is 0 Å². The summed E-state index contributed by atoms with van der Waals surface area (Å²) in [5.41, 5.74) is 0.604. The first kappa shape index (κ1) is 11.0. The number of H-pyrrole nitrogens is 1. The second-order valence-electron chi connectivity index (χ2n) is 3.25. The summed E-state index contributed by atoms with van der Waals surface area (Å²) in [4.78, 5) is 11.6. The molecule has 0 radical (unpaired) electrons. The van der Waals surface area contributed by atoms with Gasteiger partial charge in [0.15, 0.2) is 0 Å². The normalized spacial score (nSPS) is 9.71. The Balaban J connectivity index is 2.03. The summed E-state index contributed by atoms with van der Waals surface area (Å²) in [7, 11) is 1.55. The van der Waals surface area contributed by atoms with Gasteiger partial charge in [0.2, 0.25) is 0 Å². The highest BCUT2D eigenvalue weighted by Crippen LogP contribution is 2.22. The second kappa shape index (κ2) is 5.02. The van der Waals surface area contributed by atoms with Crippen molar-refractivity contribution in [2.75, 3.05) is 17.7 Å². The van der Waals surface area contributed by atoms with E-state index in [-0.39, 0.29) is 6.03 Å². The standard InChI is InChI=1S/C11H12N4O2/c1-17-9-5-3-2-4-8(9)13-11(16)14-10-6-7-12-15-10/h2-7H,1H3,(H3,12,13,14,15,16). The van der Waals surface area contributed by atoms with Crippen LogP contribution in [0, 0.1) is 0 Å². The monoisotopic (exact) mass is 232 g/mol. The molecule has 3 N–H and O–H groups in total. The highest BCUT2D eigenvalue weighted by molar-refractivity contribution is 6.00. The molecule has 0 fully saturated rings. The lowest BCUT2D eigenvalue weighted by atomic mass is 10.3. The van der Waals surface area contributed by atoms with E-state index in [1.54, 1.807) is 31.5 Å². The number of aromatic nitrogens is 2. The maximum absolute atomic E-state index is 11.6. The highest BCUT2D eigenvalue weighted by atomic mass is 16.5. The van der Waals surface area contributed by atoms with Crippen LogP contribution >= 0.6 is 0 Å². The SMILES string of the molecule is COc1ccccc1NC(=O)Nc1ccn[nH]1. The number of hydrogen-bond donors (Lipinski definition) is 3. The number of benzene rings is 1. The summed E-state index contributed by atoms with van der Waals surface area (Å²) in [5, 5.41) is 11.6. The van der Waals surface area contributed by atoms with E-state index in [2.05, 4.69) is 20.8 Å². The number of nitrogens with one attached hydrogen (secondary N) is 3. The van der Waals surface area contributed by atoms with E-state index in [0.29, 0.717) is 17.3 Å². The molecule has 0 unspecified atom stereocenters. The molecule has 0 bridgehead atoms. The predicted molar refractivity (Wildman–Crippen MR) is 64.2 cm³/mol. The summed E-state index contributed by atoms with van der Waals surface area (Å²) < 4.78 is 5.12. The van der Waals surface area contributed by atoms with E-state index >= 15 is 0 Å². The predicted octanol–water partition coefficient (Wildman–Crippen LogP) is 2.06. The van der Waals surface area contributed by atoms with Crippen LogP contribution in [0.5, 0.6) is 5.75 Å². The Hall–Kier alpha value is -2.50. The molecule has 0 aliphatic rings. The molecule has 0 saturated heterocycles. The van der Waals surface area contributed by atoms with Gasteiger partial charge < -0.3 is 10.1 Å². The van der Waals surface area contributed by atoms with Crippen LogP contribution in [0.3, 0.4) is 0 Å². The van der Waals surface area contributed by atoms with Crippen LogP contribution < -0.4 is 15.4 Å². The molecule has 0 atom stereocenters. The van der Waals surface area contributed by atoms with E-state index < -0.39 is 0 Å². The van der Waals surface area contributed by atoms with Gasteiger partial charge in [-0.1, -0.05) is 12.1 Å². The van der Waals surface area contributed by atoms with Gasteiger partial charge in [0.1, 0.15) is 11.6 Å². The number of para-hydroxylation sites is 2. The van der Waals surface area contributed by atoms with Gasteiger partial charge in [-0.25, -0.2) is 4.79 Å². The lowest BCUT2D eigenvalue weighted by Crippen LogP contribution is -2.20. The molecule has 88 valence electrons. The van der Waals surface area contributed by atoms with Crippen molar-refractivity contribution in [1.29, 1.82) is 0 Å². The largest absolute Gasteiger partial charge is 0.495 e. The fourth-order valence-corrected chi connectivity index (χ4v) is 1.35. The van der Waals surface area contributed by atoms with E-state index in [1.165, 1.54) is 0 Å². The molecule has 1 aromatic heterocycles. The first-order valence-electron chi connectivity index (χ1n) is 5.00. The first-order chi connectivity index (χ1) is 8.29. The minimum absolute atomic E-state index is 0.362. The number of amides is 2. The van der Waals surface area contributed by atoms with Gasteiger partial charge in [-0.2, -0.15) is 5.10 Å². The number of hydrogen-bond acceptors (Lipinski definition) is 3. The zero-order chi connectivity index (χ0) is 12.1. The minimum atomic E-state index is -0.362. The van der Waals surface area contributed by atoms with Crippen molar-refractivity contribution < 1.29 is 9.53 Å². The number of aromatic amines is 1. The lowest BCUT2D eigenvalue weighted by Gasteiger charge is -2.09. The number of ether oxygens (including phenoxy) is 1. The maximum atomic E-state index is 11.6. The fraction of sp³-hybridized carbons (Fsp3) is 0.0909. The Bertz CT molecular complexity index is 496. The van der Waals surface area contributed by atoms with Crippen LogP contribution in [-0.2, 0) is 0 Å². The number of methoxy groups -OCH3 is 1. The van der Waals surface area contributed by atoms with Crippen LogP contribution in [-0.4, -0.2) is 23.3 Å². The van der Waals surface area contributed by atoms with Crippen LogP contribution in [0.1, 0.15) is 0 Å². The molecule has 0 saturated carbocycles. The molecule has 2 aromatic rings. The molecule has 0 spiro atoms. The Labute approximate surface area is 98.0 Å². The van der Waals surface area contributed by atoms with Crippen LogP contribution in [0.2, 0.25) is 0 Å². The third kappa shape index (κ3) is 2.75. The number of rotatable bonds is 3. The van der Waals surface area contributed by atoms with E-state index in [9.17, 15) is 4.79 Å². The number of nitrogens with zero attached hydrogens (tertiary/aromatic N) is 1. The van der Waals surface area contributed by atoms with Crippen molar-refractivity contribution >= 4 is 17.5 Å². The zero-order valence-electron chi connectivity index (χ0n) is 9.23. The summed E-state index contributed by atoms with van der Waals surface area (Å²) in [6.45, 7) is 0. The van der Waals surface area contributed by atoms with Gasteiger partial charge >= 0.3 is 6.03 Å². The summed E-state index contributed by atoms with van der Waals surface area (Å²) in [5.74, 6) is 1.13.